The molecule has 0 aromatic carbocycles. The van der Waals surface area contributed by atoms with Crippen molar-refractivity contribution in [1.29, 1.82) is 0 Å². The predicted molar refractivity (Wildman–Crippen MR) is 66.7 cm³/mol. The highest BCUT2D eigenvalue weighted by Crippen LogP contribution is 2.54. The van der Waals surface area contributed by atoms with Gasteiger partial charge < -0.3 is 0 Å². The lowest BCUT2D eigenvalue weighted by atomic mass is 10.1. The summed E-state index contributed by atoms with van der Waals surface area (Å²) in [5.41, 5.74) is 0. The van der Waals surface area contributed by atoms with Gasteiger partial charge >= 0.3 is 7.82 Å². The Kier molecular flexibility index (Phi) is 8.81. The van der Waals surface area contributed by atoms with E-state index in [1.54, 1.807) is 6.92 Å². The van der Waals surface area contributed by atoms with Gasteiger partial charge in [-0.15, -0.1) is 0 Å². The fraction of sp³-hybridized carbons (Fsp3) is 1.00. The maximum Gasteiger partial charge on any atom is 0.504 e. The van der Waals surface area contributed by atoms with Crippen LogP contribution < -0.4 is 0 Å². The van der Waals surface area contributed by atoms with E-state index < -0.39 is 7.82 Å². The molecule has 114 valence electrons. The van der Waals surface area contributed by atoms with Crippen molar-refractivity contribution in [2.24, 2.45) is 0 Å². The average Bonchev–Trinajstić information content (AvgIpc) is 2.72. The molecule has 0 bridgehead atoms. The molecule has 1 saturated heterocycles. The van der Waals surface area contributed by atoms with Gasteiger partial charge in [-0.25, -0.2) is 9.45 Å². The van der Waals surface area contributed by atoms with E-state index >= 15 is 0 Å². The van der Waals surface area contributed by atoms with Crippen LogP contribution in [0.5, 0.6) is 0 Å². The van der Waals surface area contributed by atoms with Crippen molar-refractivity contribution in [3.8, 4) is 0 Å². The van der Waals surface area contributed by atoms with E-state index in [4.69, 9.17) is 13.9 Å². The first-order chi connectivity index (χ1) is 9.16. The first kappa shape index (κ1) is 17.0. The zero-order chi connectivity index (χ0) is 14.0. The molecule has 1 aliphatic heterocycles. The normalized spacial score (nSPS) is 26.9. The minimum atomic E-state index is -3.63. The Balaban J connectivity index is 1.85. The molecule has 1 aliphatic rings. The molecule has 7 nitrogen and oxygen atoms in total. The fourth-order valence-electron chi connectivity index (χ4n) is 1.56. The molecule has 1 fully saturated rings. The van der Waals surface area contributed by atoms with Crippen LogP contribution in [0, 0.1) is 0 Å². The number of hydrogen-bond donors (Lipinski definition) is 0. The third-order valence-corrected chi connectivity index (χ3v) is 3.88. The standard InChI is InChI=1S/C11H23O7P/c1-3-4-5-6-7-8-9-13-16-17-18-19(12)14-10-11(2)15-19/h11H,3-10H2,1-2H3. The number of hydrogen-bond acceptors (Lipinski definition) is 7. The summed E-state index contributed by atoms with van der Waals surface area (Å²) >= 11 is 0. The molecule has 2 unspecified atom stereocenters. The molecule has 8 heteroatoms. The Morgan fingerprint density at radius 3 is 2.58 bits per heavy atom. The molecule has 1 heterocycles. The molecule has 2 atom stereocenters. The maximum absolute atomic E-state index is 11.5. The van der Waals surface area contributed by atoms with Crippen LogP contribution in [0.3, 0.4) is 0 Å². The largest absolute Gasteiger partial charge is 0.504 e. The van der Waals surface area contributed by atoms with Crippen molar-refractivity contribution in [1.82, 2.24) is 0 Å². The molecule has 19 heavy (non-hydrogen) atoms. The number of phosphoric ester groups is 1. The lowest BCUT2D eigenvalue weighted by molar-refractivity contribution is -0.610. The predicted octanol–water partition coefficient (Wildman–Crippen LogP) is 3.70. The van der Waals surface area contributed by atoms with Gasteiger partial charge in [-0.05, 0) is 23.4 Å². The van der Waals surface area contributed by atoms with Crippen molar-refractivity contribution in [3.05, 3.63) is 0 Å². The highest BCUT2D eigenvalue weighted by atomic mass is 31.2. The van der Waals surface area contributed by atoms with Gasteiger partial charge in [0.15, 0.2) is 0 Å². The van der Waals surface area contributed by atoms with Gasteiger partial charge in [0.25, 0.3) is 0 Å². The summed E-state index contributed by atoms with van der Waals surface area (Å²) in [6, 6.07) is 0. The Hall–Kier alpha value is -0.0100. The van der Waals surface area contributed by atoms with Crippen LogP contribution in [-0.2, 0) is 33.3 Å². The van der Waals surface area contributed by atoms with Crippen LogP contribution in [0.25, 0.3) is 0 Å². The Morgan fingerprint density at radius 2 is 1.89 bits per heavy atom. The summed E-state index contributed by atoms with van der Waals surface area (Å²) in [5.74, 6) is 0. The summed E-state index contributed by atoms with van der Waals surface area (Å²) in [5, 5.41) is 8.45. The highest BCUT2D eigenvalue weighted by Gasteiger charge is 2.38. The van der Waals surface area contributed by atoms with Crippen molar-refractivity contribution in [2.45, 2.75) is 58.5 Å². The molecule has 0 amide bonds. The molecule has 0 radical (unpaired) electrons. The van der Waals surface area contributed by atoms with Gasteiger partial charge in [0.1, 0.15) is 0 Å². The SMILES string of the molecule is CCCCCCCCOOOOP1(=O)OCC(C)O1. The van der Waals surface area contributed by atoms with E-state index in [0.29, 0.717) is 6.61 Å². The highest BCUT2D eigenvalue weighted by molar-refractivity contribution is 7.48. The second-order valence-electron chi connectivity index (χ2n) is 4.46. The summed E-state index contributed by atoms with van der Waals surface area (Å²) < 4.78 is 25.6. The summed E-state index contributed by atoms with van der Waals surface area (Å²) in [6.45, 7) is 4.47. The Bertz CT molecular complexity index is 274. The van der Waals surface area contributed by atoms with Crippen LogP contribution in [0.4, 0.5) is 0 Å². The summed E-state index contributed by atoms with van der Waals surface area (Å²) in [4.78, 5) is 4.69. The van der Waals surface area contributed by atoms with Crippen molar-refractivity contribution < 1.29 is 33.3 Å². The van der Waals surface area contributed by atoms with E-state index in [9.17, 15) is 4.57 Å². The third-order valence-electron chi connectivity index (χ3n) is 2.56. The fourth-order valence-corrected chi connectivity index (χ4v) is 2.69. The summed E-state index contributed by atoms with van der Waals surface area (Å²) in [7, 11) is -3.63. The monoisotopic (exact) mass is 298 g/mol. The molecular formula is C11H23O7P. The summed E-state index contributed by atoms with van der Waals surface area (Å²) in [6.07, 6.45) is 6.58. The lowest BCUT2D eigenvalue weighted by Crippen LogP contribution is -2.01. The number of rotatable bonds is 11. The number of unbranched alkanes of at least 4 members (excludes halogenated alkanes) is 5. The van der Waals surface area contributed by atoms with Crippen LogP contribution in [0.1, 0.15) is 52.4 Å². The van der Waals surface area contributed by atoms with Crippen LogP contribution in [0.15, 0.2) is 0 Å². The molecular weight excluding hydrogens is 275 g/mol. The molecule has 0 aliphatic carbocycles. The minimum Gasteiger partial charge on any atom is -0.282 e. The zero-order valence-corrected chi connectivity index (χ0v) is 12.4. The zero-order valence-electron chi connectivity index (χ0n) is 11.5. The first-order valence-electron chi connectivity index (χ1n) is 6.74. The maximum atomic E-state index is 11.5. The number of phosphoric acid groups is 1. The Morgan fingerprint density at radius 1 is 1.16 bits per heavy atom. The van der Waals surface area contributed by atoms with Gasteiger partial charge in [-0.3, -0.25) is 9.05 Å². The van der Waals surface area contributed by atoms with Gasteiger partial charge in [0.2, 0.25) is 0 Å². The molecule has 0 aromatic heterocycles. The molecule has 0 saturated carbocycles. The van der Waals surface area contributed by atoms with E-state index in [2.05, 4.69) is 21.7 Å². The van der Waals surface area contributed by atoms with Gasteiger partial charge in [0, 0.05) is 0 Å². The van der Waals surface area contributed by atoms with Gasteiger partial charge in [-0.1, -0.05) is 43.7 Å². The van der Waals surface area contributed by atoms with Crippen LogP contribution in [-0.4, -0.2) is 19.3 Å². The smallest absolute Gasteiger partial charge is 0.282 e. The van der Waals surface area contributed by atoms with Crippen LogP contribution in [0.2, 0.25) is 0 Å². The first-order valence-corrected chi connectivity index (χ1v) is 8.20. The Labute approximate surface area is 113 Å². The molecule has 0 N–H and O–H groups in total. The van der Waals surface area contributed by atoms with Crippen LogP contribution >= 0.6 is 7.82 Å². The lowest BCUT2D eigenvalue weighted by Gasteiger charge is -2.07. The molecule has 0 aromatic rings. The van der Waals surface area contributed by atoms with Gasteiger partial charge in [-0.2, -0.15) is 0 Å². The topological polar surface area (TPSA) is 72.5 Å². The van der Waals surface area contributed by atoms with E-state index in [-0.39, 0.29) is 12.7 Å². The van der Waals surface area contributed by atoms with Crippen molar-refractivity contribution in [3.63, 3.8) is 0 Å². The second kappa shape index (κ2) is 9.83. The molecule has 1 rings (SSSR count). The van der Waals surface area contributed by atoms with E-state index in [1.807, 2.05) is 0 Å². The third kappa shape index (κ3) is 7.99. The van der Waals surface area contributed by atoms with E-state index in [1.165, 1.54) is 25.7 Å². The quantitative estimate of drug-likeness (QED) is 0.249. The minimum absolute atomic E-state index is 0.194. The molecule has 0 spiro atoms. The second-order valence-corrected chi connectivity index (χ2v) is 5.97. The van der Waals surface area contributed by atoms with Crippen molar-refractivity contribution in [2.75, 3.05) is 13.2 Å². The van der Waals surface area contributed by atoms with E-state index in [0.717, 1.165) is 12.8 Å². The van der Waals surface area contributed by atoms with Gasteiger partial charge in [0.05, 0.1) is 19.3 Å². The average molecular weight is 298 g/mol. The van der Waals surface area contributed by atoms with Crippen molar-refractivity contribution >= 4 is 7.82 Å².